The number of ether oxygens (including phenoxy) is 1. The van der Waals surface area contributed by atoms with E-state index < -0.39 is 23.3 Å². The molecule has 1 saturated carbocycles. The van der Waals surface area contributed by atoms with Crippen molar-refractivity contribution < 1.29 is 19.0 Å². The molecule has 2 aliphatic rings. The molecule has 1 aliphatic carbocycles. The summed E-state index contributed by atoms with van der Waals surface area (Å²) in [6.07, 6.45) is 0.709. The number of amides is 1. The predicted molar refractivity (Wildman–Crippen MR) is 101 cm³/mol. The van der Waals surface area contributed by atoms with Gasteiger partial charge in [0.1, 0.15) is 11.4 Å². The van der Waals surface area contributed by atoms with Crippen molar-refractivity contribution in [3.8, 4) is 0 Å². The monoisotopic (exact) mass is 380 g/mol. The number of halogens is 1. The van der Waals surface area contributed by atoms with Crippen molar-refractivity contribution >= 4 is 23.0 Å². The Kier molecular flexibility index (Phi) is 5.30. The molecular formula is C19H25FN2O3S. The van der Waals surface area contributed by atoms with Crippen LogP contribution in [0.2, 0.25) is 0 Å². The fourth-order valence-corrected chi connectivity index (χ4v) is 4.81. The molecule has 7 heteroatoms. The molecule has 1 aromatic rings. The Labute approximate surface area is 157 Å². The number of benzene rings is 1. The first-order valence-electron chi connectivity index (χ1n) is 8.85. The number of nitrogens with zero attached hydrogens (tertiary/aromatic N) is 1. The molecule has 142 valence electrons. The highest BCUT2D eigenvalue weighted by Gasteiger charge is 2.48. The van der Waals surface area contributed by atoms with Gasteiger partial charge in [-0.15, -0.1) is 0 Å². The van der Waals surface area contributed by atoms with E-state index in [4.69, 9.17) is 9.73 Å². The standard InChI is InChI=1S/C19H25FN2O3S/c1-18(2,3)25-17(24)21-16-22-19(14-6-4-5-7-15(14)20)9-8-13(23)10-12(19)11-26-16/h4-7,12-13,23H,8-11H2,1-3H3,(H,21,22,24)/t12?,13-,19?/m1/s1. The van der Waals surface area contributed by atoms with Gasteiger partial charge in [0.25, 0.3) is 0 Å². The van der Waals surface area contributed by atoms with E-state index in [2.05, 4.69) is 5.32 Å². The minimum Gasteiger partial charge on any atom is -0.444 e. The summed E-state index contributed by atoms with van der Waals surface area (Å²) in [7, 11) is 0. The van der Waals surface area contributed by atoms with Gasteiger partial charge < -0.3 is 9.84 Å². The van der Waals surface area contributed by atoms with Crippen molar-refractivity contribution in [2.24, 2.45) is 10.9 Å². The quantitative estimate of drug-likeness (QED) is 0.777. The van der Waals surface area contributed by atoms with Crippen LogP contribution in [0.25, 0.3) is 0 Å². The van der Waals surface area contributed by atoms with E-state index in [1.807, 2.05) is 0 Å². The number of hydrogen-bond acceptors (Lipinski definition) is 5. The van der Waals surface area contributed by atoms with Crippen LogP contribution in [0.3, 0.4) is 0 Å². The fraction of sp³-hybridized carbons (Fsp3) is 0.579. The first-order valence-corrected chi connectivity index (χ1v) is 9.84. The van der Waals surface area contributed by atoms with Crippen molar-refractivity contribution in [3.05, 3.63) is 35.6 Å². The number of rotatable bonds is 1. The lowest BCUT2D eigenvalue weighted by Crippen LogP contribution is -2.48. The predicted octanol–water partition coefficient (Wildman–Crippen LogP) is 3.81. The van der Waals surface area contributed by atoms with E-state index in [0.29, 0.717) is 35.7 Å². The highest BCUT2D eigenvalue weighted by atomic mass is 32.2. The van der Waals surface area contributed by atoms with Gasteiger partial charge in [0.15, 0.2) is 5.17 Å². The maximum absolute atomic E-state index is 14.6. The lowest BCUT2D eigenvalue weighted by Gasteiger charge is -2.46. The molecule has 0 bridgehead atoms. The van der Waals surface area contributed by atoms with Crippen LogP contribution in [0.1, 0.15) is 45.6 Å². The Morgan fingerprint density at radius 3 is 2.85 bits per heavy atom. The van der Waals surface area contributed by atoms with Gasteiger partial charge >= 0.3 is 6.09 Å². The average Bonchev–Trinajstić information content (AvgIpc) is 2.53. The van der Waals surface area contributed by atoms with Crippen LogP contribution in [0, 0.1) is 11.7 Å². The van der Waals surface area contributed by atoms with Gasteiger partial charge in [-0.05, 0) is 46.1 Å². The van der Waals surface area contributed by atoms with Gasteiger partial charge in [0.05, 0.1) is 11.6 Å². The summed E-state index contributed by atoms with van der Waals surface area (Å²) in [6, 6.07) is 6.64. The lowest BCUT2D eigenvalue weighted by atomic mass is 9.69. The third-order valence-corrected chi connectivity index (χ3v) is 5.80. The lowest BCUT2D eigenvalue weighted by molar-refractivity contribution is 0.0545. The molecule has 2 unspecified atom stereocenters. The number of amidine groups is 1. The largest absolute Gasteiger partial charge is 0.444 e. The molecule has 1 heterocycles. The zero-order valence-electron chi connectivity index (χ0n) is 15.3. The smallest absolute Gasteiger partial charge is 0.413 e. The van der Waals surface area contributed by atoms with Crippen molar-refractivity contribution in [1.82, 2.24) is 5.32 Å². The van der Waals surface area contributed by atoms with Crippen LogP contribution in [0.15, 0.2) is 29.3 Å². The Balaban J connectivity index is 1.93. The second-order valence-corrected chi connectivity index (χ2v) is 8.89. The number of aliphatic imine (C=N–C) groups is 1. The van der Waals surface area contributed by atoms with Gasteiger partial charge in [-0.3, -0.25) is 10.3 Å². The number of fused-ring (bicyclic) bond motifs is 1. The topological polar surface area (TPSA) is 70.9 Å². The molecule has 1 amide bonds. The first kappa shape index (κ1) is 19.2. The van der Waals surface area contributed by atoms with Crippen LogP contribution in [0.5, 0.6) is 0 Å². The fourth-order valence-electron chi connectivity index (χ4n) is 3.66. The minimum atomic E-state index is -0.764. The molecule has 3 atom stereocenters. The molecule has 0 spiro atoms. The molecule has 26 heavy (non-hydrogen) atoms. The SMILES string of the molecule is CC(C)(C)OC(=O)NC1=NC2(c3ccccc3F)CC[C@@H](O)CC2CS1. The number of nitrogens with one attached hydrogen (secondary N) is 1. The van der Waals surface area contributed by atoms with Gasteiger partial charge in [0, 0.05) is 17.2 Å². The van der Waals surface area contributed by atoms with E-state index in [1.54, 1.807) is 39.0 Å². The number of alkyl carbamates (subject to hydrolysis) is 1. The van der Waals surface area contributed by atoms with Crippen LogP contribution < -0.4 is 5.32 Å². The summed E-state index contributed by atoms with van der Waals surface area (Å²) in [5.41, 5.74) is -0.842. The number of carbonyl (C=O) groups is 1. The number of thioether (sulfide) groups is 1. The summed E-state index contributed by atoms with van der Waals surface area (Å²) in [5.74, 6) is 0.360. The molecule has 1 aliphatic heterocycles. The average molecular weight is 380 g/mol. The molecule has 0 aromatic heterocycles. The Morgan fingerprint density at radius 2 is 2.15 bits per heavy atom. The van der Waals surface area contributed by atoms with Crippen LogP contribution in [0.4, 0.5) is 9.18 Å². The van der Waals surface area contributed by atoms with E-state index in [-0.39, 0.29) is 11.7 Å². The summed E-state index contributed by atoms with van der Waals surface area (Å²) in [4.78, 5) is 16.9. The van der Waals surface area contributed by atoms with E-state index in [1.165, 1.54) is 17.8 Å². The molecule has 3 rings (SSSR count). The van der Waals surface area contributed by atoms with E-state index in [0.717, 1.165) is 0 Å². The van der Waals surface area contributed by atoms with Gasteiger partial charge in [-0.25, -0.2) is 9.18 Å². The summed E-state index contributed by atoms with van der Waals surface area (Å²) < 4.78 is 19.9. The molecule has 5 nitrogen and oxygen atoms in total. The normalized spacial score (nSPS) is 28.7. The summed E-state index contributed by atoms with van der Waals surface area (Å²) in [5, 5.41) is 13.2. The molecule has 1 aromatic carbocycles. The van der Waals surface area contributed by atoms with Crippen LogP contribution in [-0.2, 0) is 10.3 Å². The second kappa shape index (κ2) is 7.19. The van der Waals surface area contributed by atoms with Crippen LogP contribution >= 0.6 is 11.8 Å². The highest BCUT2D eigenvalue weighted by Crippen LogP contribution is 2.49. The molecule has 0 saturated heterocycles. The Bertz CT molecular complexity index is 719. The second-order valence-electron chi connectivity index (χ2n) is 7.88. The Morgan fingerprint density at radius 1 is 1.42 bits per heavy atom. The summed E-state index contributed by atoms with van der Waals surface area (Å²) in [6.45, 7) is 5.38. The van der Waals surface area contributed by atoms with E-state index in [9.17, 15) is 14.3 Å². The van der Waals surface area contributed by atoms with Gasteiger partial charge in [-0.2, -0.15) is 0 Å². The zero-order valence-corrected chi connectivity index (χ0v) is 16.1. The first-order chi connectivity index (χ1) is 12.2. The third-order valence-electron chi connectivity index (χ3n) is 4.76. The molecule has 2 N–H and O–H groups in total. The molecule has 0 radical (unpaired) electrons. The Hall–Kier alpha value is -1.60. The third kappa shape index (κ3) is 4.04. The maximum atomic E-state index is 14.6. The van der Waals surface area contributed by atoms with Crippen molar-refractivity contribution in [3.63, 3.8) is 0 Å². The van der Waals surface area contributed by atoms with Gasteiger partial charge in [-0.1, -0.05) is 30.0 Å². The maximum Gasteiger partial charge on any atom is 0.413 e. The highest BCUT2D eigenvalue weighted by molar-refractivity contribution is 8.13. The van der Waals surface area contributed by atoms with Crippen molar-refractivity contribution in [1.29, 1.82) is 0 Å². The number of hydrogen-bond donors (Lipinski definition) is 2. The number of carbonyl (C=O) groups excluding carboxylic acids is 1. The molecular weight excluding hydrogens is 355 g/mol. The number of aliphatic hydroxyl groups is 1. The summed E-state index contributed by atoms with van der Waals surface area (Å²) >= 11 is 1.41. The number of aliphatic hydroxyl groups excluding tert-OH is 1. The van der Waals surface area contributed by atoms with Crippen LogP contribution in [-0.4, -0.2) is 33.8 Å². The van der Waals surface area contributed by atoms with Crippen molar-refractivity contribution in [2.75, 3.05) is 5.75 Å². The van der Waals surface area contributed by atoms with Crippen molar-refractivity contribution in [2.45, 2.75) is 57.3 Å². The minimum absolute atomic E-state index is 0.0114. The molecule has 1 fully saturated rings. The zero-order chi connectivity index (χ0) is 18.9. The van der Waals surface area contributed by atoms with E-state index >= 15 is 0 Å². The van der Waals surface area contributed by atoms with Gasteiger partial charge in [0.2, 0.25) is 0 Å².